The summed E-state index contributed by atoms with van der Waals surface area (Å²) >= 11 is 0. The molecule has 2 rings (SSSR count). The van der Waals surface area contributed by atoms with Gasteiger partial charge < -0.3 is 15.0 Å². The van der Waals surface area contributed by atoms with E-state index in [2.05, 4.69) is 19.2 Å². The van der Waals surface area contributed by atoms with Crippen molar-refractivity contribution in [2.24, 2.45) is 0 Å². The minimum atomic E-state index is -0.522. The summed E-state index contributed by atoms with van der Waals surface area (Å²) in [7, 11) is 1.29. The first-order valence-electron chi connectivity index (χ1n) is 9.18. The maximum Gasteiger partial charge on any atom is 0.339 e. The van der Waals surface area contributed by atoms with Crippen molar-refractivity contribution < 1.29 is 19.1 Å². The topological polar surface area (TPSA) is 75.7 Å². The molecule has 0 aliphatic carbocycles. The first-order valence-corrected chi connectivity index (χ1v) is 9.18. The molecule has 2 aromatic carbocycles. The molecule has 6 nitrogen and oxygen atoms in total. The number of carbonyl (C=O) groups excluding carboxylic acids is 3. The Hall–Kier alpha value is -3.15. The standard InChI is InChI=1S/C22H26N2O4/c1-15(2)17-9-11-18(12-10-17)24(16(3)25)14-13-21(26)23-20-8-6-5-7-19(20)22(27)28-4/h5-12,15H,13-14H2,1-4H3,(H,23,26). The first kappa shape index (κ1) is 21.2. The molecule has 6 heteroatoms. The predicted molar refractivity (Wildman–Crippen MR) is 110 cm³/mol. The SMILES string of the molecule is COC(=O)c1ccccc1NC(=O)CCN(C(C)=O)c1ccc(C(C)C)cc1. The zero-order valence-electron chi connectivity index (χ0n) is 16.7. The highest BCUT2D eigenvalue weighted by molar-refractivity contribution is 6.01. The van der Waals surface area contributed by atoms with Crippen LogP contribution in [-0.2, 0) is 14.3 Å². The Morgan fingerprint density at radius 1 is 1.04 bits per heavy atom. The molecule has 0 atom stereocenters. The zero-order chi connectivity index (χ0) is 20.7. The van der Waals surface area contributed by atoms with Crippen molar-refractivity contribution in [3.8, 4) is 0 Å². The second-order valence-corrected chi connectivity index (χ2v) is 6.75. The number of para-hydroxylation sites is 1. The molecule has 0 spiro atoms. The largest absolute Gasteiger partial charge is 0.465 e. The van der Waals surface area contributed by atoms with Gasteiger partial charge in [0.05, 0.1) is 18.4 Å². The Morgan fingerprint density at radius 3 is 2.25 bits per heavy atom. The van der Waals surface area contributed by atoms with Gasteiger partial charge in [-0.25, -0.2) is 4.79 Å². The fraction of sp³-hybridized carbons (Fsp3) is 0.318. The lowest BCUT2D eigenvalue weighted by atomic mass is 10.0. The van der Waals surface area contributed by atoms with Crippen molar-refractivity contribution >= 4 is 29.2 Å². The van der Waals surface area contributed by atoms with E-state index in [0.717, 1.165) is 5.69 Å². The van der Waals surface area contributed by atoms with Crippen LogP contribution in [0, 0.1) is 0 Å². The minimum Gasteiger partial charge on any atom is -0.465 e. The van der Waals surface area contributed by atoms with Crippen LogP contribution in [-0.4, -0.2) is 31.4 Å². The van der Waals surface area contributed by atoms with E-state index in [1.54, 1.807) is 29.2 Å². The summed E-state index contributed by atoms with van der Waals surface area (Å²) in [6.07, 6.45) is 0.0982. The van der Waals surface area contributed by atoms with Crippen molar-refractivity contribution in [1.82, 2.24) is 0 Å². The molecule has 1 N–H and O–H groups in total. The van der Waals surface area contributed by atoms with E-state index < -0.39 is 5.97 Å². The molecular weight excluding hydrogens is 356 g/mol. The average Bonchev–Trinajstić information content (AvgIpc) is 2.68. The molecule has 0 bridgehead atoms. The maximum atomic E-state index is 12.4. The number of amides is 2. The van der Waals surface area contributed by atoms with Crippen molar-refractivity contribution in [3.63, 3.8) is 0 Å². The highest BCUT2D eigenvalue weighted by atomic mass is 16.5. The van der Waals surface area contributed by atoms with Crippen LogP contribution in [0.2, 0.25) is 0 Å². The molecule has 0 radical (unpaired) electrons. The van der Waals surface area contributed by atoms with Crippen LogP contribution in [0.3, 0.4) is 0 Å². The van der Waals surface area contributed by atoms with Gasteiger partial charge in [0.2, 0.25) is 11.8 Å². The number of nitrogens with zero attached hydrogens (tertiary/aromatic N) is 1. The Labute approximate surface area is 165 Å². The Bertz CT molecular complexity index is 844. The minimum absolute atomic E-state index is 0.0982. The smallest absolute Gasteiger partial charge is 0.339 e. The first-order chi connectivity index (χ1) is 13.3. The van der Waals surface area contributed by atoms with Gasteiger partial charge in [0.15, 0.2) is 0 Å². The van der Waals surface area contributed by atoms with Crippen LogP contribution in [0.25, 0.3) is 0 Å². The van der Waals surface area contributed by atoms with Crippen molar-refractivity contribution in [2.45, 2.75) is 33.1 Å². The predicted octanol–water partition coefficient (Wildman–Crippen LogP) is 3.98. The number of carbonyl (C=O) groups is 3. The molecule has 0 aliphatic heterocycles. The van der Waals surface area contributed by atoms with Crippen molar-refractivity contribution in [1.29, 1.82) is 0 Å². The summed E-state index contributed by atoms with van der Waals surface area (Å²) in [6, 6.07) is 14.4. The third kappa shape index (κ3) is 5.42. The lowest BCUT2D eigenvalue weighted by Gasteiger charge is -2.21. The summed E-state index contributed by atoms with van der Waals surface area (Å²) in [5.74, 6) is -0.548. The number of hydrogen-bond donors (Lipinski definition) is 1. The summed E-state index contributed by atoms with van der Waals surface area (Å²) in [5, 5.41) is 2.72. The fourth-order valence-corrected chi connectivity index (χ4v) is 2.81. The number of methoxy groups -OCH3 is 1. The van der Waals surface area contributed by atoms with Crippen molar-refractivity contribution in [2.75, 3.05) is 23.9 Å². The summed E-state index contributed by atoms with van der Waals surface area (Å²) in [6.45, 7) is 5.92. The number of hydrogen-bond acceptors (Lipinski definition) is 4. The number of esters is 1. The average molecular weight is 382 g/mol. The van der Waals surface area contributed by atoms with Gasteiger partial charge in [-0.1, -0.05) is 38.1 Å². The van der Waals surface area contributed by atoms with E-state index in [1.807, 2.05) is 24.3 Å². The molecule has 0 aromatic heterocycles. The van der Waals surface area contributed by atoms with Gasteiger partial charge in [0.1, 0.15) is 0 Å². The Morgan fingerprint density at radius 2 is 1.68 bits per heavy atom. The van der Waals surface area contributed by atoms with E-state index >= 15 is 0 Å². The normalized spacial score (nSPS) is 10.5. The van der Waals surface area contributed by atoms with Crippen LogP contribution in [0.4, 0.5) is 11.4 Å². The van der Waals surface area contributed by atoms with Crippen molar-refractivity contribution in [3.05, 3.63) is 59.7 Å². The van der Waals surface area contributed by atoms with Crippen LogP contribution in [0.15, 0.2) is 48.5 Å². The molecule has 148 valence electrons. The number of rotatable bonds is 7. The van der Waals surface area contributed by atoms with Crippen LogP contribution in [0.5, 0.6) is 0 Å². The molecule has 0 unspecified atom stereocenters. The Kier molecular flexibility index (Phi) is 7.32. The third-order valence-corrected chi connectivity index (χ3v) is 4.42. The van der Waals surface area contributed by atoms with Crippen LogP contribution < -0.4 is 10.2 Å². The van der Waals surface area contributed by atoms with E-state index in [4.69, 9.17) is 4.74 Å². The van der Waals surface area contributed by atoms with Gasteiger partial charge in [-0.15, -0.1) is 0 Å². The quantitative estimate of drug-likeness (QED) is 0.735. The number of nitrogens with one attached hydrogen (secondary N) is 1. The molecular formula is C22H26N2O4. The number of anilines is 2. The van der Waals surface area contributed by atoms with Gasteiger partial charge in [-0.3, -0.25) is 9.59 Å². The lowest BCUT2D eigenvalue weighted by molar-refractivity contribution is -0.117. The zero-order valence-corrected chi connectivity index (χ0v) is 16.7. The van der Waals surface area contributed by atoms with Gasteiger partial charge in [-0.05, 0) is 35.7 Å². The molecule has 0 saturated carbocycles. The van der Waals surface area contributed by atoms with Gasteiger partial charge >= 0.3 is 5.97 Å². The summed E-state index contributed by atoms with van der Waals surface area (Å²) in [5.41, 5.74) is 2.60. The van der Waals surface area contributed by atoms with E-state index in [1.165, 1.54) is 19.6 Å². The van der Waals surface area contributed by atoms with E-state index in [9.17, 15) is 14.4 Å². The number of ether oxygens (including phenoxy) is 1. The fourth-order valence-electron chi connectivity index (χ4n) is 2.81. The van der Waals surface area contributed by atoms with Crippen LogP contribution in [0.1, 0.15) is 49.0 Å². The highest BCUT2D eigenvalue weighted by Gasteiger charge is 2.16. The highest BCUT2D eigenvalue weighted by Crippen LogP contribution is 2.21. The molecule has 28 heavy (non-hydrogen) atoms. The molecule has 2 aromatic rings. The molecule has 0 heterocycles. The summed E-state index contributed by atoms with van der Waals surface area (Å²) < 4.78 is 4.73. The van der Waals surface area contributed by atoms with E-state index in [-0.39, 0.29) is 30.3 Å². The second kappa shape index (κ2) is 9.69. The third-order valence-electron chi connectivity index (χ3n) is 4.42. The monoisotopic (exact) mass is 382 g/mol. The van der Waals surface area contributed by atoms with E-state index in [0.29, 0.717) is 11.6 Å². The maximum absolute atomic E-state index is 12.4. The molecule has 0 saturated heterocycles. The molecule has 0 fully saturated rings. The van der Waals surface area contributed by atoms with Gasteiger partial charge in [0, 0.05) is 25.6 Å². The van der Waals surface area contributed by atoms with Gasteiger partial charge in [0.25, 0.3) is 0 Å². The van der Waals surface area contributed by atoms with Gasteiger partial charge in [-0.2, -0.15) is 0 Å². The number of benzene rings is 2. The lowest BCUT2D eigenvalue weighted by Crippen LogP contribution is -2.32. The van der Waals surface area contributed by atoms with Crippen LogP contribution >= 0.6 is 0 Å². The summed E-state index contributed by atoms with van der Waals surface area (Å²) in [4.78, 5) is 37.8. The molecule has 0 aliphatic rings. The Balaban J connectivity index is 2.05. The molecule has 2 amide bonds. The second-order valence-electron chi connectivity index (χ2n) is 6.75.